The zero-order chi connectivity index (χ0) is 13.1. The summed E-state index contributed by atoms with van der Waals surface area (Å²) in [4.78, 5) is 11.9. The van der Waals surface area contributed by atoms with Crippen molar-refractivity contribution in [2.24, 2.45) is 0 Å². The van der Waals surface area contributed by atoms with Gasteiger partial charge in [0.05, 0.1) is 6.61 Å². The summed E-state index contributed by atoms with van der Waals surface area (Å²) in [7, 11) is 8.79. The molecule has 1 heterocycles. The molecule has 17 heavy (non-hydrogen) atoms. The molecule has 2 radical (unpaired) electrons. The Morgan fingerprint density at radius 3 is 2.53 bits per heavy atom. The van der Waals surface area contributed by atoms with Crippen LogP contribution in [0.25, 0.3) is 0 Å². The van der Waals surface area contributed by atoms with Gasteiger partial charge in [-0.2, -0.15) is 0 Å². The largest absolute Gasteiger partial charge is 0.801 e. The van der Waals surface area contributed by atoms with Gasteiger partial charge in [-0.25, -0.2) is 0 Å². The molecule has 1 fully saturated rings. The highest BCUT2D eigenvalue weighted by molar-refractivity contribution is 8.08. The highest BCUT2D eigenvalue weighted by Gasteiger charge is 2.43. The predicted molar refractivity (Wildman–Crippen MR) is 66.8 cm³/mol. The Hall–Kier alpha value is 0.515. The lowest BCUT2D eigenvalue weighted by Gasteiger charge is -2.33. The number of ether oxygens (including phenoxy) is 3. The minimum absolute atomic E-state index is 0.282. The smallest absolute Gasteiger partial charge is 0.117 e. The Balaban J connectivity index is 2.77. The maximum absolute atomic E-state index is 11.9. The van der Waals surface area contributed by atoms with Gasteiger partial charge in [-0.3, -0.25) is 0 Å². The van der Waals surface area contributed by atoms with Crippen LogP contribution in [-0.2, 0) is 30.5 Å². The third-order valence-electron chi connectivity index (χ3n) is 2.62. The van der Waals surface area contributed by atoms with E-state index in [9.17, 15) is 4.89 Å². The van der Waals surface area contributed by atoms with Crippen LogP contribution >= 0.6 is 6.49 Å². The Kier molecular flexibility index (Phi) is 6.06. The standard InChI is InChI=1S/C9H18BO5PS/c1-4-16(11,17)15-7-6(5-12-2)14-9(10)8(7)13-3/h6-9H,4-5H2,1-3H3,(H,11,17)/p-1/t6-,7+,8?,9-,16?/m1/s1. The van der Waals surface area contributed by atoms with E-state index in [1.807, 2.05) is 0 Å². The van der Waals surface area contributed by atoms with Crippen molar-refractivity contribution in [3.63, 3.8) is 0 Å². The second kappa shape index (κ2) is 6.61. The quantitative estimate of drug-likeness (QED) is 0.488. The molecule has 1 aliphatic heterocycles. The molecule has 0 aromatic heterocycles. The zero-order valence-electron chi connectivity index (χ0n) is 10.2. The Bertz CT molecular complexity index is 293. The molecule has 0 spiro atoms. The summed E-state index contributed by atoms with van der Waals surface area (Å²) in [6.07, 6.45) is -1.18. The topological polar surface area (TPSA) is 60.0 Å². The minimum atomic E-state index is -3.05. The highest BCUT2D eigenvalue weighted by atomic mass is 32.5. The fourth-order valence-electron chi connectivity index (χ4n) is 1.71. The molecule has 5 atom stereocenters. The van der Waals surface area contributed by atoms with E-state index in [0.29, 0.717) is 0 Å². The monoisotopic (exact) mass is 279 g/mol. The van der Waals surface area contributed by atoms with E-state index >= 15 is 0 Å². The van der Waals surface area contributed by atoms with Gasteiger partial charge < -0.3 is 23.6 Å². The maximum Gasteiger partial charge on any atom is 0.117 e. The van der Waals surface area contributed by atoms with Crippen LogP contribution in [0.5, 0.6) is 0 Å². The van der Waals surface area contributed by atoms with Crippen molar-refractivity contribution in [3.8, 4) is 0 Å². The van der Waals surface area contributed by atoms with Gasteiger partial charge in [0.1, 0.15) is 26.2 Å². The van der Waals surface area contributed by atoms with E-state index in [1.165, 1.54) is 7.11 Å². The zero-order valence-corrected chi connectivity index (χ0v) is 11.9. The van der Waals surface area contributed by atoms with Crippen LogP contribution in [0.4, 0.5) is 0 Å². The van der Waals surface area contributed by atoms with E-state index in [2.05, 4.69) is 0 Å². The maximum atomic E-state index is 11.9. The average Bonchev–Trinajstić information content (AvgIpc) is 2.55. The van der Waals surface area contributed by atoms with Crippen LogP contribution in [0, 0.1) is 0 Å². The highest BCUT2D eigenvalue weighted by Crippen LogP contribution is 2.42. The number of methoxy groups -OCH3 is 2. The van der Waals surface area contributed by atoms with Crippen molar-refractivity contribution in [1.82, 2.24) is 0 Å². The first-order valence-electron chi connectivity index (χ1n) is 5.36. The summed E-state index contributed by atoms with van der Waals surface area (Å²) in [6, 6.07) is -0.628. The molecule has 0 aromatic carbocycles. The van der Waals surface area contributed by atoms with Gasteiger partial charge >= 0.3 is 0 Å². The van der Waals surface area contributed by atoms with Crippen molar-refractivity contribution in [3.05, 3.63) is 0 Å². The van der Waals surface area contributed by atoms with Crippen molar-refractivity contribution in [2.45, 2.75) is 31.2 Å². The van der Waals surface area contributed by atoms with Crippen molar-refractivity contribution >= 4 is 26.1 Å². The third kappa shape index (κ3) is 3.99. The number of rotatable bonds is 6. The second-order valence-corrected chi connectivity index (χ2v) is 7.53. The molecule has 0 saturated carbocycles. The Labute approximate surface area is 108 Å². The molecule has 98 valence electrons. The molecule has 1 aliphatic rings. The molecule has 0 aliphatic carbocycles. The molecule has 1 saturated heterocycles. The predicted octanol–water partition coefficient (Wildman–Crippen LogP) is -0.384. The average molecular weight is 279 g/mol. The van der Waals surface area contributed by atoms with Crippen LogP contribution < -0.4 is 4.89 Å². The lowest BCUT2D eigenvalue weighted by Crippen LogP contribution is -2.38. The summed E-state index contributed by atoms with van der Waals surface area (Å²) < 4.78 is 21.1. The fraction of sp³-hybridized carbons (Fsp3) is 1.00. The molecular weight excluding hydrogens is 262 g/mol. The van der Waals surface area contributed by atoms with Crippen molar-refractivity contribution in [2.75, 3.05) is 27.0 Å². The molecular formula is C9H17BO5PS-. The first-order valence-corrected chi connectivity index (χ1v) is 8.18. The van der Waals surface area contributed by atoms with Gasteiger partial charge in [0.25, 0.3) is 0 Å². The SMILES string of the molecule is [B][C@@H]1O[C@H](COC)[C@H](OP([O-])(=S)CC)C1OC. The minimum Gasteiger partial charge on any atom is -0.801 e. The van der Waals surface area contributed by atoms with Gasteiger partial charge in [0.15, 0.2) is 0 Å². The van der Waals surface area contributed by atoms with Crippen LogP contribution in [0.15, 0.2) is 0 Å². The summed E-state index contributed by atoms with van der Waals surface area (Å²) in [5, 5.41) is 0. The van der Waals surface area contributed by atoms with Crippen molar-refractivity contribution in [1.29, 1.82) is 0 Å². The Morgan fingerprint density at radius 2 is 2.06 bits per heavy atom. The van der Waals surface area contributed by atoms with Gasteiger partial charge in [-0.1, -0.05) is 18.7 Å². The number of hydrogen-bond donors (Lipinski definition) is 0. The molecule has 0 N–H and O–H groups in total. The van der Waals surface area contributed by atoms with E-state index in [4.69, 9.17) is 38.4 Å². The normalized spacial score (nSPS) is 36.9. The molecule has 0 aromatic rings. The first kappa shape index (κ1) is 15.6. The van der Waals surface area contributed by atoms with Gasteiger partial charge in [-0.05, 0) is 12.7 Å². The van der Waals surface area contributed by atoms with Crippen LogP contribution in [0.3, 0.4) is 0 Å². The molecule has 1 rings (SSSR count). The lowest BCUT2D eigenvalue weighted by atomic mass is 9.93. The van der Waals surface area contributed by atoms with Crippen molar-refractivity contribution < 1.29 is 23.6 Å². The summed E-state index contributed by atoms with van der Waals surface area (Å²) in [6.45, 7) is -1.04. The van der Waals surface area contributed by atoms with Gasteiger partial charge in [-0.15, -0.1) is 0 Å². The molecule has 5 nitrogen and oxygen atoms in total. The van der Waals surface area contributed by atoms with E-state index in [-0.39, 0.29) is 12.8 Å². The van der Waals surface area contributed by atoms with Crippen LogP contribution in [0.1, 0.15) is 6.92 Å². The van der Waals surface area contributed by atoms with E-state index < -0.39 is 30.8 Å². The fourth-order valence-corrected chi connectivity index (χ4v) is 2.78. The summed E-state index contributed by atoms with van der Waals surface area (Å²) in [5.41, 5.74) is 0. The van der Waals surface area contributed by atoms with E-state index in [1.54, 1.807) is 14.0 Å². The first-order chi connectivity index (χ1) is 7.95. The van der Waals surface area contributed by atoms with Gasteiger partial charge in [0, 0.05) is 20.2 Å². The molecule has 0 bridgehead atoms. The van der Waals surface area contributed by atoms with E-state index in [0.717, 1.165) is 0 Å². The van der Waals surface area contributed by atoms with Crippen LogP contribution in [-0.4, -0.2) is 59.1 Å². The molecule has 0 amide bonds. The second-order valence-electron chi connectivity index (χ2n) is 3.79. The molecule has 2 unspecified atom stereocenters. The Morgan fingerprint density at radius 1 is 1.41 bits per heavy atom. The number of hydrogen-bond acceptors (Lipinski definition) is 6. The lowest BCUT2D eigenvalue weighted by molar-refractivity contribution is -0.190. The van der Waals surface area contributed by atoms with Gasteiger partial charge in [0.2, 0.25) is 0 Å². The molecule has 8 heteroatoms. The summed E-state index contributed by atoms with van der Waals surface area (Å²) in [5.74, 6) is 0. The third-order valence-corrected chi connectivity index (χ3v) is 4.99. The van der Waals surface area contributed by atoms with Crippen LogP contribution in [0.2, 0.25) is 0 Å². The summed E-state index contributed by atoms with van der Waals surface area (Å²) >= 11 is 4.90.